The van der Waals surface area contributed by atoms with Crippen LogP contribution in [0.5, 0.6) is 0 Å². The van der Waals surface area contributed by atoms with Gasteiger partial charge in [-0.2, -0.15) is 0 Å². The largest absolute Gasteiger partial charge is 0.384 e. The second kappa shape index (κ2) is 4.20. The molecule has 0 saturated heterocycles. The molecule has 13 heavy (non-hydrogen) atoms. The highest BCUT2D eigenvalue weighted by Gasteiger charge is 2.09. The van der Waals surface area contributed by atoms with E-state index in [9.17, 15) is 0 Å². The van der Waals surface area contributed by atoms with E-state index < -0.39 is 0 Å². The molecule has 0 spiro atoms. The Hall–Kier alpha value is -1.13. The third kappa shape index (κ3) is 2.40. The number of ether oxygens (including phenoxy) is 1. The molecule has 0 aliphatic heterocycles. The van der Waals surface area contributed by atoms with Crippen molar-refractivity contribution >= 4 is 5.82 Å². The van der Waals surface area contributed by atoms with Gasteiger partial charge in [0.05, 0.1) is 12.6 Å². The molecule has 0 amide bonds. The second-order valence-electron chi connectivity index (χ2n) is 2.97. The number of rotatable bonds is 3. The molecular formula is C9H15N3O. The Morgan fingerprint density at radius 3 is 2.77 bits per heavy atom. The lowest BCUT2D eigenvalue weighted by atomic mass is 10.1. The van der Waals surface area contributed by atoms with Crippen molar-refractivity contribution in [1.82, 2.24) is 4.98 Å². The zero-order chi connectivity index (χ0) is 9.84. The van der Waals surface area contributed by atoms with Crippen molar-refractivity contribution in [2.24, 2.45) is 5.73 Å². The van der Waals surface area contributed by atoms with Crippen LogP contribution in [0, 0.1) is 6.92 Å². The summed E-state index contributed by atoms with van der Waals surface area (Å²) in [5.41, 5.74) is 13.2. The van der Waals surface area contributed by atoms with E-state index in [1.54, 1.807) is 13.2 Å². The van der Waals surface area contributed by atoms with E-state index in [1.807, 2.05) is 13.0 Å². The molecule has 1 aromatic rings. The third-order valence-electron chi connectivity index (χ3n) is 1.89. The van der Waals surface area contributed by atoms with E-state index in [4.69, 9.17) is 16.2 Å². The van der Waals surface area contributed by atoms with Crippen molar-refractivity contribution < 1.29 is 4.74 Å². The number of pyridine rings is 1. The summed E-state index contributed by atoms with van der Waals surface area (Å²) >= 11 is 0. The van der Waals surface area contributed by atoms with Crippen molar-refractivity contribution in [3.63, 3.8) is 0 Å². The Labute approximate surface area is 77.9 Å². The van der Waals surface area contributed by atoms with Crippen LogP contribution >= 0.6 is 0 Å². The number of nitrogen functional groups attached to an aromatic ring is 1. The fourth-order valence-electron chi connectivity index (χ4n) is 1.25. The predicted octanol–water partition coefficient (Wildman–Crippen LogP) is 0.618. The average molecular weight is 181 g/mol. The summed E-state index contributed by atoms with van der Waals surface area (Å²) in [7, 11) is 1.62. The summed E-state index contributed by atoms with van der Waals surface area (Å²) in [6.45, 7) is 2.38. The highest BCUT2D eigenvalue weighted by Crippen LogP contribution is 2.15. The number of nitrogens with two attached hydrogens (primary N) is 2. The zero-order valence-electron chi connectivity index (χ0n) is 7.95. The highest BCUT2D eigenvalue weighted by molar-refractivity contribution is 5.35. The van der Waals surface area contributed by atoms with Gasteiger partial charge in [-0.3, -0.25) is 0 Å². The minimum atomic E-state index is -0.127. The first-order chi connectivity index (χ1) is 6.15. The molecule has 4 heteroatoms. The topological polar surface area (TPSA) is 74.2 Å². The highest BCUT2D eigenvalue weighted by atomic mass is 16.5. The number of hydrogen-bond donors (Lipinski definition) is 2. The molecule has 1 aromatic heterocycles. The maximum absolute atomic E-state index is 5.85. The second-order valence-corrected chi connectivity index (χ2v) is 2.97. The summed E-state index contributed by atoms with van der Waals surface area (Å²) in [5.74, 6) is 0.519. The molecule has 72 valence electrons. The summed E-state index contributed by atoms with van der Waals surface area (Å²) in [6.07, 6.45) is 0. The number of aromatic nitrogens is 1. The number of aryl methyl sites for hydroxylation is 1. The van der Waals surface area contributed by atoms with Crippen molar-refractivity contribution in [3.8, 4) is 0 Å². The van der Waals surface area contributed by atoms with Crippen LogP contribution in [0.2, 0.25) is 0 Å². The number of hydrogen-bond acceptors (Lipinski definition) is 4. The standard InChI is InChI=1S/C9H15N3O/c1-6-7(8(10)5-13-2)3-4-9(11)12-6/h3-4,8H,5,10H2,1-2H3,(H2,11,12)/t8-/m0/s1. The van der Waals surface area contributed by atoms with Gasteiger partial charge in [0.25, 0.3) is 0 Å². The average Bonchev–Trinajstić information content (AvgIpc) is 2.04. The van der Waals surface area contributed by atoms with Crippen molar-refractivity contribution in [2.75, 3.05) is 19.5 Å². The van der Waals surface area contributed by atoms with Crippen LogP contribution < -0.4 is 11.5 Å². The number of nitrogens with zero attached hydrogens (tertiary/aromatic N) is 1. The minimum Gasteiger partial charge on any atom is -0.384 e. The van der Waals surface area contributed by atoms with Crippen molar-refractivity contribution in [1.29, 1.82) is 0 Å². The minimum absolute atomic E-state index is 0.127. The fraction of sp³-hybridized carbons (Fsp3) is 0.444. The van der Waals surface area contributed by atoms with Gasteiger partial charge in [0.15, 0.2) is 0 Å². The molecule has 0 unspecified atom stereocenters. The molecule has 0 fully saturated rings. The molecule has 0 aromatic carbocycles. The smallest absolute Gasteiger partial charge is 0.123 e. The number of anilines is 1. The third-order valence-corrected chi connectivity index (χ3v) is 1.89. The predicted molar refractivity (Wildman–Crippen MR) is 52.2 cm³/mol. The van der Waals surface area contributed by atoms with E-state index in [-0.39, 0.29) is 6.04 Å². The zero-order valence-corrected chi connectivity index (χ0v) is 7.95. The molecular weight excluding hydrogens is 166 g/mol. The molecule has 4 nitrogen and oxygen atoms in total. The van der Waals surface area contributed by atoms with Crippen molar-refractivity contribution in [3.05, 3.63) is 23.4 Å². The van der Waals surface area contributed by atoms with E-state index in [2.05, 4.69) is 4.98 Å². The van der Waals surface area contributed by atoms with Gasteiger partial charge in [0.1, 0.15) is 5.82 Å². The van der Waals surface area contributed by atoms with Crippen LogP contribution in [0.15, 0.2) is 12.1 Å². The van der Waals surface area contributed by atoms with Gasteiger partial charge in [0.2, 0.25) is 0 Å². The molecule has 1 heterocycles. The molecule has 0 aliphatic carbocycles. The monoisotopic (exact) mass is 181 g/mol. The van der Waals surface area contributed by atoms with Gasteiger partial charge < -0.3 is 16.2 Å². The first-order valence-electron chi connectivity index (χ1n) is 4.12. The van der Waals surface area contributed by atoms with Crippen LogP contribution in [0.25, 0.3) is 0 Å². The van der Waals surface area contributed by atoms with Crippen LogP contribution in [0.1, 0.15) is 17.3 Å². The van der Waals surface area contributed by atoms with Gasteiger partial charge in [0, 0.05) is 12.8 Å². The van der Waals surface area contributed by atoms with E-state index in [0.29, 0.717) is 12.4 Å². The van der Waals surface area contributed by atoms with Crippen LogP contribution in [0.4, 0.5) is 5.82 Å². The summed E-state index contributed by atoms with van der Waals surface area (Å²) < 4.78 is 4.96. The van der Waals surface area contributed by atoms with Gasteiger partial charge in [-0.1, -0.05) is 6.07 Å². The fourth-order valence-corrected chi connectivity index (χ4v) is 1.25. The van der Waals surface area contributed by atoms with E-state index in [0.717, 1.165) is 11.3 Å². The summed E-state index contributed by atoms with van der Waals surface area (Å²) in [5, 5.41) is 0. The van der Waals surface area contributed by atoms with E-state index >= 15 is 0 Å². The van der Waals surface area contributed by atoms with Crippen molar-refractivity contribution in [2.45, 2.75) is 13.0 Å². The Morgan fingerprint density at radius 1 is 1.54 bits per heavy atom. The van der Waals surface area contributed by atoms with Crippen LogP contribution in [-0.2, 0) is 4.74 Å². The SMILES string of the molecule is COC[C@H](N)c1ccc(N)nc1C. The maximum atomic E-state index is 5.85. The lowest BCUT2D eigenvalue weighted by molar-refractivity contribution is 0.180. The molecule has 0 bridgehead atoms. The lowest BCUT2D eigenvalue weighted by Gasteiger charge is -2.12. The van der Waals surface area contributed by atoms with E-state index in [1.165, 1.54) is 0 Å². The Bertz CT molecular complexity index is 288. The molecule has 1 atom stereocenters. The van der Waals surface area contributed by atoms with Gasteiger partial charge in [-0.05, 0) is 18.6 Å². The first kappa shape index (κ1) is 9.95. The number of methoxy groups -OCH3 is 1. The molecule has 0 radical (unpaired) electrons. The maximum Gasteiger partial charge on any atom is 0.123 e. The molecule has 0 aliphatic rings. The lowest BCUT2D eigenvalue weighted by Crippen LogP contribution is -2.17. The van der Waals surface area contributed by atoms with Crippen LogP contribution in [0.3, 0.4) is 0 Å². The Morgan fingerprint density at radius 2 is 2.23 bits per heavy atom. The van der Waals surface area contributed by atoms with Gasteiger partial charge >= 0.3 is 0 Å². The van der Waals surface area contributed by atoms with Gasteiger partial charge in [-0.25, -0.2) is 4.98 Å². The van der Waals surface area contributed by atoms with Crippen LogP contribution in [-0.4, -0.2) is 18.7 Å². The first-order valence-corrected chi connectivity index (χ1v) is 4.12. The summed E-state index contributed by atoms with van der Waals surface area (Å²) in [4.78, 5) is 4.12. The molecule has 4 N–H and O–H groups in total. The van der Waals surface area contributed by atoms with Gasteiger partial charge in [-0.15, -0.1) is 0 Å². The summed E-state index contributed by atoms with van der Waals surface area (Å²) in [6, 6.07) is 3.51. The molecule has 0 saturated carbocycles. The Kier molecular flexibility index (Phi) is 3.22. The normalized spacial score (nSPS) is 12.8. The molecule has 1 rings (SSSR count). The Balaban J connectivity index is 2.88. The quantitative estimate of drug-likeness (QED) is 0.716.